The molecule has 1 heterocycles. The van der Waals surface area contributed by atoms with E-state index < -0.39 is 6.04 Å². The zero-order valence-corrected chi connectivity index (χ0v) is 8.75. The number of piperazine rings is 1. The van der Waals surface area contributed by atoms with Crippen LogP contribution in [-0.4, -0.2) is 51.3 Å². The standard InChI is InChI=1S/C9H16N2O4/c1-14-4-5-15-8(12)6-7-9(13)11-3-2-10-7/h7,10H,2-6H2,1H3,(H,11,13)/t7-/m1/s1. The molecule has 6 heteroatoms. The Kier molecular flexibility index (Phi) is 5.06. The molecule has 86 valence electrons. The quantitative estimate of drug-likeness (QED) is 0.439. The van der Waals surface area contributed by atoms with Crippen molar-refractivity contribution in [3.05, 3.63) is 0 Å². The molecule has 1 atom stereocenters. The Morgan fingerprint density at radius 2 is 2.27 bits per heavy atom. The molecule has 0 aromatic rings. The molecule has 0 aromatic heterocycles. The van der Waals surface area contributed by atoms with Gasteiger partial charge in [0.05, 0.1) is 19.1 Å². The van der Waals surface area contributed by atoms with Crippen LogP contribution in [0.15, 0.2) is 0 Å². The molecule has 0 saturated carbocycles. The largest absolute Gasteiger partial charge is 0.463 e. The lowest BCUT2D eigenvalue weighted by atomic mass is 10.1. The summed E-state index contributed by atoms with van der Waals surface area (Å²) < 4.78 is 9.58. The number of rotatable bonds is 5. The molecular weight excluding hydrogens is 200 g/mol. The molecule has 1 aliphatic heterocycles. The van der Waals surface area contributed by atoms with Gasteiger partial charge in [0.15, 0.2) is 0 Å². The lowest BCUT2D eigenvalue weighted by Crippen LogP contribution is -2.53. The first-order valence-corrected chi connectivity index (χ1v) is 4.89. The summed E-state index contributed by atoms with van der Waals surface area (Å²) in [6, 6.07) is -0.464. The zero-order valence-electron chi connectivity index (χ0n) is 8.75. The van der Waals surface area contributed by atoms with Crippen LogP contribution >= 0.6 is 0 Å². The first-order chi connectivity index (χ1) is 7.24. The minimum atomic E-state index is -0.464. The van der Waals surface area contributed by atoms with Crippen LogP contribution in [0.4, 0.5) is 0 Å². The highest BCUT2D eigenvalue weighted by Crippen LogP contribution is 1.98. The average Bonchev–Trinajstić information content (AvgIpc) is 2.22. The highest BCUT2D eigenvalue weighted by atomic mass is 16.6. The average molecular weight is 216 g/mol. The van der Waals surface area contributed by atoms with E-state index >= 15 is 0 Å². The van der Waals surface area contributed by atoms with Crippen molar-refractivity contribution in [1.29, 1.82) is 0 Å². The van der Waals surface area contributed by atoms with E-state index in [2.05, 4.69) is 10.6 Å². The van der Waals surface area contributed by atoms with Gasteiger partial charge >= 0.3 is 5.97 Å². The minimum Gasteiger partial charge on any atom is -0.463 e. The molecule has 1 rings (SSSR count). The zero-order chi connectivity index (χ0) is 11.1. The number of hydrogen-bond donors (Lipinski definition) is 2. The van der Waals surface area contributed by atoms with Gasteiger partial charge < -0.3 is 20.1 Å². The summed E-state index contributed by atoms with van der Waals surface area (Å²) in [6.07, 6.45) is 0.0650. The number of esters is 1. The fourth-order valence-electron chi connectivity index (χ4n) is 1.28. The van der Waals surface area contributed by atoms with Gasteiger partial charge in [0.2, 0.25) is 5.91 Å². The maximum absolute atomic E-state index is 11.3. The molecule has 1 saturated heterocycles. The normalized spacial score (nSPS) is 20.9. The number of nitrogens with one attached hydrogen (secondary N) is 2. The predicted octanol–water partition coefficient (Wildman–Crippen LogP) is -1.35. The van der Waals surface area contributed by atoms with Gasteiger partial charge in [-0.15, -0.1) is 0 Å². The van der Waals surface area contributed by atoms with Gasteiger partial charge in [0, 0.05) is 20.2 Å². The molecule has 0 unspecified atom stereocenters. The van der Waals surface area contributed by atoms with Gasteiger partial charge in [-0.2, -0.15) is 0 Å². The lowest BCUT2D eigenvalue weighted by Gasteiger charge is -2.22. The first-order valence-electron chi connectivity index (χ1n) is 4.89. The third-order valence-electron chi connectivity index (χ3n) is 2.05. The molecule has 2 N–H and O–H groups in total. The van der Waals surface area contributed by atoms with Crippen molar-refractivity contribution in [1.82, 2.24) is 10.6 Å². The van der Waals surface area contributed by atoms with Crippen LogP contribution in [0.1, 0.15) is 6.42 Å². The maximum Gasteiger partial charge on any atom is 0.307 e. The number of methoxy groups -OCH3 is 1. The van der Waals surface area contributed by atoms with Crippen LogP contribution in [-0.2, 0) is 19.1 Å². The molecule has 0 aliphatic carbocycles. The fraction of sp³-hybridized carbons (Fsp3) is 0.778. The molecule has 0 bridgehead atoms. The molecule has 1 amide bonds. The summed E-state index contributed by atoms with van der Waals surface area (Å²) >= 11 is 0. The summed E-state index contributed by atoms with van der Waals surface area (Å²) in [4.78, 5) is 22.5. The second kappa shape index (κ2) is 6.36. The molecule has 1 fully saturated rings. The van der Waals surface area contributed by atoms with Gasteiger partial charge in [-0.1, -0.05) is 0 Å². The van der Waals surface area contributed by atoms with Crippen molar-refractivity contribution in [3.8, 4) is 0 Å². The Labute approximate surface area is 88.3 Å². The van der Waals surface area contributed by atoms with Crippen LogP contribution in [0.3, 0.4) is 0 Å². The lowest BCUT2D eigenvalue weighted by molar-refractivity contribution is -0.147. The van der Waals surface area contributed by atoms with E-state index in [1.807, 2.05) is 0 Å². The second-order valence-electron chi connectivity index (χ2n) is 3.22. The molecule has 15 heavy (non-hydrogen) atoms. The van der Waals surface area contributed by atoms with E-state index in [4.69, 9.17) is 9.47 Å². The first kappa shape index (κ1) is 11.9. The van der Waals surface area contributed by atoms with Gasteiger partial charge in [-0.05, 0) is 0 Å². The van der Waals surface area contributed by atoms with Gasteiger partial charge in [0.1, 0.15) is 6.61 Å². The second-order valence-corrected chi connectivity index (χ2v) is 3.22. The summed E-state index contributed by atoms with van der Waals surface area (Å²) in [5.74, 6) is -0.536. The number of amides is 1. The highest BCUT2D eigenvalue weighted by Gasteiger charge is 2.24. The van der Waals surface area contributed by atoms with Crippen molar-refractivity contribution in [2.24, 2.45) is 0 Å². The third-order valence-corrected chi connectivity index (χ3v) is 2.05. The van der Waals surface area contributed by atoms with Gasteiger partial charge in [-0.25, -0.2) is 0 Å². The molecule has 0 radical (unpaired) electrons. The smallest absolute Gasteiger partial charge is 0.307 e. The predicted molar refractivity (Wildman–Crippen MR) is 52.3 cm³/mol. The summed E-state index contributed by atoms with van der Waals surface area (Å²) in [7, 11) is 1.53. The van der Waals surface area contributed by atoms with Crippen LogP contribution in [0.5, 0.6) is 0 Å². The summed E-state index contributed by atoms with van der Waals surface area (Å²) in [5, 5.41) is 5.62. The maximum atomic E-state index is 11.3. The summed E-state index contributed by atoms with van der Waals surface area (Å²) in [6.45, 7) is 1.88. The van der Waals surface area contributed by atoms with E-state index in [9.17, 15) is 9.59 Å². The van der Waals surface area contributed by atoms with Crippen LogP contribution in [0.2, 0.25) is 0 Å². The fourth-order valence-corrected chi connectivity index (χ4v) is 1.28. The Morgan fingerprint density at radius 3 is 2.93 bits per heavy atom. The number of ether oxygens (including phenoxy) is 2. The molecule has 6 nitrogen and oxygen atoms in total. The minimum absolute atomic E-state index is 0.0650. The Balaban J connectivity index is 2.21. The van der Waals surface area contributed by atoms with Crippen molar-refractivity contribution in [3.63, 3.8) is 0 Å². The number of carbonyl (C=O) groups excluding carboxylic acids is 2. The van der Waals surface area contributed by atoms with E-state index in [0.717, 1.165) is 0 Å². The number of hydrogen-bond acceptors (Lipinski definition) is 5. The van der Waals surface area contributed by atoms with Crippen LogP contribution in [0, 0.1) is 0 Å². The molecular formula is C9H16N2O4. The number of carbonyl (C=O) groups is 2. The van der Waals surface area contributed by atoms with E-state index in [1.54, 1.807) is 0 Å². The SMILES string of the molecule is COCCOC(=O)C[C@H]1NCCNC1=O. The van der Waals surface area contributed by atoms with Crippen LogP contribution < -0.4 is 10.6 Å². The van der Waals surface area contributed by atoms with E-state index in [0.29, 0.717) is 19.7 Å². The van der Waals surface area contributed by atoms with E-state index in [1.165, 1.54) is 7.11 Å². The molecule has 1 aliphatic rings. The third kappa shape index (κ3) is 4.26. The van der Waals surface area contributed by atoms with Gasteiger partial charge in [-0.3, -0.25) is 9.59 Å². The Morgan fingerprint density at radius 1 is 1.47 bits per heavy atom. The summed E-state index contributed by atoms with van der Waals surface area (Å²) in [5.41, 5.74) is 0. The van der Waals surface area contributed by atoms with Crippen molar-refractivity contribution in [2.45, 2.75) is 12.5 Å². The Hall–Kier alpha value is -1.14. The molecule has 0 spiro atoms. The van der Waals surface area contributed by atoms with E-state index in [-0.39, 0.29) is 24.9 Å². The van der Waals surface area contributed by atoms with Crippen molar-refractivity contribution >= 4 is 11.9 Å². The van der Waals surface area contributed by atoms with Crippen LogP contribution in [0.25, 0.3) is 0 Å². The monoisotopic (exact) mass is 216 g/mol. The van der Waals surface area contributed by atoms with Crippen molar-refractivity contribution in [2.75, 3.05) is 33.4 Å². The van der Waals surface area contributed by atoms with Crippen molar-refractivity contribution < 1.29 is 19.1 Å². The highest BCUT2D eigenvalue weighted by molar-refractivity contribution is 5.87. The molecule has 0 aromatic carbocycles. The topological polar surface area (TPSA) is 76.7 Å². The Bertz CT molecular complexity index is 232. The van der Waals surface area contributed by atoms with Gasteiger partial charge in [0.25, 0.3) is 0 Å².